The Morgan fingerprint density at radius 2 is 1.00 bits per heavy atom. The van der Waals surface area contributed by atoms with E-state index in [0.29, 0.717) is 0 Å². The largest absolute Gasteiger partial charge is 0.0622 e. The zero-order valence-electron chi connectivity index (χ0n) is 10.2. The number of hydrogen-bond donors (Lipinski definition) is 0. The van der Waals surface area contributed by atoms with Gasteiger partial charge in [-0.05, 0) is 10.6 Å². The summed E-state index contributed by atoms with van der Waals surface area (Å²) in [5.41, 5.74) is 0. The summed E-state index contributed by atoms with van der Waals surface area (Å²) >= 11 is 9.42. The van der Waals surface area contributed by atoms with Crippen LogP contribution in [0.1, 0.15) is 0 Å². The summed E-state index contributed by atoms with van der Waals surface area (Å²) in [4.78, 5) is 0. The van der Waals surface area contributed by atoms with E-state index in [2.05, 4.69) is 60.7 Å². The molecule has 0 aliphatic rings. The molecule has 0 fully saturated rings. The fourth-order valence-electron chi connectivity index (χ4n) is 1.21. The van der Waals surface area contributed by atoms with Crippen LogP contribution >= 0.6 is 50.8 Å². The summed E-state index contributed by atoms with van der Waals surface area (Å²) in [6.45, 7) is 0. The molecule has 0 spiro atoms. The molecule has 0 bridgehead atoms. The first-order chi connectivity index (χ1) is 9.28. The molecule has 0 radical (unpaired) electrons. The summed E-state index contributed by atoms with van der Waals surface area (Å²) in [6.07, 6.45) is 0. The molecule has 0 saturated heterocycles. The van der Waals surface area contributed by atoms with Crippen molar-refractivity contribution in [1.29, 1.82) is 0 Å². The molecule has 0 aliphatic heterocycles. The maximum absolute atomic E-state index is 4.81. The molecular weight excluding hydrogens is 491 g/mol. The second-order valence-electron chi connectivity index (χ2n) is 3.00. The van der Waals surface area contributed by atoms with E-state index in [9.17, 15) is 0 Å². The number of halogens is 4. The van der Waals surface area contributed by atoms with Gasteiger partial charge in [-0.25, -0.2) is 0 Å². The Morgan fingerprint density at radius 1 is 0.750 bits per heavy atom. The SMILES string of the molecule is ClCCl.[Cl][Pd][Cl].[Fe].c1ccc(Pc2ccccc2)cc1. The second-order valence-corrected chi connectivity index (χ2v) is 7.58. The molecule has 2 aromatic carbocycles. The van der Waals surface area contributed by atoms with Gasteiger partial charge in [0.05, 0.1) is 5.34 Å². The molecule has 116 valence electrons. The summed E-state index contributed by atoms with van der Waals surface area (Å²) in [5, 5.41) is 2.99. The Balaban J connectivity index is 0. The molecule has 0 heterocycles. The van der Waals surface area contributed by atoms with Crippen molar-refractivity contribution in [3.8, 4) is 0 Å². The minimum atomic E-state index is -0.106. The minimum absolute atomic E-state index is 0. The molecule has 0 N–H and O–H groups in total. The van der Waals surface area contributed by atoms with Crippen LogP contribution in [0.15, 0.2) is 60.7 Å². The van der Waals surface area contributed by atoms with Crippen LogP contribution in [0.2, 0.25) is 0 Å². The van der Waals surface area contributed by atoms with E-state index >= 15 is 0 Å². The van der Waals surface area contributed by atoms with E-state index in [1.807, 2.05) is 0 Å². The molecule has 0 atom stereocenters. The fraction of sp³-hybridized carbons (Fsp3) is 0.0769. The van der Waals surface area contributed by atoms with Crippen LogP contribution in [0.3, 0.4) is 0 Å². The average molecular weight is 504 g/mol. The number of benzene rings is 2. The first-order valence-corrected chi connectivity index (χ1v) is 11.2. The molecule has 0 aromatic heterocycles. The summed E-state index contributed by atoms with van der Waals surface area (Å²) < 4.78 is 0. The monoisotopic (exact) mass is 502 g/mol. The topological polar surface area (TPSA) is 0 Å². The van der Waals surface area contributed by atoms with Gasteiger partial charge in [0.15, 0.2) is 0 Å². The van der Waals surface area contributed by atoms with Crippen LogP contribution in [0, 0.1) is 0 Å². The predicted molar refractivity (Wildman–Crippen MR) is 88.7 cm³/mol. The molecule has 0 amide bonds. The Morgan fingerprint density at radius 3 is 1.25 bits per heavy atom. The maximum Gasteiger partial charge on any atom is 0 e. The van der Waals surface area contributed by atoms with E-state index in [1.54, 1.807) is 0 Å². The van der Waals surface area contributed by atoms with Gasteiger partial charge in [-0.3, -0.25) is 0 Å². The van der Waals surface area contributed by atoms with E-state index in [0.717, 1.165) is 8.58 Å². The van der Waals surface area contributed by atoms with Crippen LogP contribution < -0.4 is 10.6 Å². The van der Waals surface area contributed by atoms with E-state index in [1.165, 1.54) is 10.6 Å². The minimum Gasteiger partial charge on any atom is -0.0622 e. The normalized spacial score (nSPS) is 8.40. The van der Waals surface area contributed by atoms with Crippen LogP contribution in [-0.4, -0.2) is 5.34 Å². The van der Waals surface area contributed by atoms with Gasteiger partial charge in [0.1, 0.15) is 0 Å². The van der Waals surface area contributed by atoms with Crippen molar-refractivity contribution >= 4 is 61.4 Å². The van der Waals surface area contributed by atoms with E-state index in [-0.39, 0.29) is 38.3 Å². The van der Waals surface area contributed by atoms with Gasteiger partial charge in [0.25, 0.3) is 0 Å². The molecule has 7 heteroatoms. The van der Waals surface area contributed by atoms with Gasteiger partial charge in [-0.1, -0.05) is 69.2 Å². The standard InChI is InChI=1S/C12H11P.CH2Cl2.2ClH.Fe.Pd/c1-3-7-11(8-4-1)13-12-9-5-2-6-10-12;2-1-3;;;;/h1-10,13H;1H2;2*1H;;/q;;;;;+2/p-2. The molecule has 2 rings (SSSR count). The molecular formula is C13H13Cl4FePPd. The average Bonchev–Trinajstić information content (AvgIpc) is 2.43. The maximum atomic E-state index is 4.81. The predicted octanol–water partition coefficient (Wildman–Crippen LogP) is 5.11. The number of hydrogen-bond acceptors (Lipinski definition) is 0. The van der Waals surface area contributed by atoms with E-state index in [4.69, 9.17) is 42.3 Å². The second kappa shape index (κ2) is 18.3. The smallest absolute Gasteiger partial charge is 0 e. The Hall–Kier alpha value is 1.21. The summed E-state index contributed by atoms with van der Waals surface area (Å²) in [5.74, 6) is 0. The van der Waals surface area contributed by atoms with Crippen LogP contribution in [-0.2, 0) is 33.0 Å². The van der Waals surface area contributed by atoms with Gasteiger partial charge in [-0.2, -0.15) is 0 Å². The molecule has 0 nitrogen and oxygen atoms in total. The molecule has 0 unspecified atom stereocenters. The first-order valence-electron chi connectivity index (χ1n) is 5.09. The Labute approximate surface area is 159 Å². The van der Waals surface area contributed by atoms with Crippen molar-refractivity contribution in [2.75, 3.05) is 5.34 Å². The van der Waals surface area contributed by atoms with Crippen LogP contribution in [0.5, 0.6) is 0 Å². The Bertz CT molecular complexity index is 366. The van der Waals surface area contributed by atoms with Gasteiger partial charge < -0.3 is 0 Å². The fourth-order valence-corrected chi connectivity index (χ4v) is 2.26. The molecule has 20 heavy (non-hydrogen) atoms. The van der Waals surface area contributed by atoms with Crippen molar-refractivity contribution < 1.29 is 33.0 Å². The third-order valence-electron chi connectivity index (χ3n) is 1.84. The number of alkyl halides is 2. The molecule has 0 saturated carbocycles. The summed E-state index contributed by atoms with van der Waals surface area (Å²) in [6, 6.07) is 21.2. The van der Waals surface area contributed by atoms with E-state index < -0.39 is 0 Å². The third-order valence-corrected chi connectivity index (χ3v) is 3.08. The van der Waals surface area contributed by atoms with Gasteiger partial charge >= 0.3 is 35.0 Å². The first kappa shape index (κ1) is 23.5. The van der Waals surface area contributed by atoms with Crippen LogP contribution in [0.4, 0.5) is 0 Å². The quantitative estimate of drug-likeness (QED) is 0.303. The van der Waals surface area contributed by atoms with Gasteiger partial charge in [0, 0.05) is 17.1 Å². The number of rotatable bonds is 2. The molecule has 2 aromatic rings. The zero-order valence-corrected chi connectivity index (χ0v) is 16.8. The third kappa shape index (κ3) is 14.2. The van der Waals surface area contributed by atoms with Crippen molar-refractivity contribution in [2.45, 2.75) is 0 Å². The summed E-state index contributed by atoms with van der Waals surface area (Å²) in [7, 11) is 10.4. The Kier molecular flexibility index (Phi) is 21.4. The molecule has 0 aliphatic carbocycles. The zero-order chi connectivity index (χ0) is 14.3. The van der Waals surface area contributed by atoms with Gasteiger partial charge in [-0.15, -0.1) is 23.2 Å². The van der Waals surface area contributed by atoms with Crippen LogP contribution in [0.25, 0.3) is 0 Å². The van der Waals surface area contributed by atoms with Crippen molar-refractivity contribution in [3.05, 3.63) is 60.7 Å². The van der Waals surface area contributed by atoms with Gasteiger partial charge in [0.2, 0.25) is 0 Å². The van der Waals surface area contributed by atoms with Crippen molar-refractivity contribution in [2.24, 2.45) is 0 Å². The van der Waals surface area contributed by atoms with Crippen molar-refractivity contribution in [1.82, 2.24) is 0 Å². The van der Waals surface area contributed by atoms with Crippen molar-refractivity contribution in [3.63, 3.8) is 0 Å².